The zero-order valence-corrected chi connectivity index (χ0v) is 63.9. The molecule has 0 aliphatic heterocycles. The summed E-state index contributed by atoms with van der Waals surface area (Å²) in [5.74, 6) is -1.60. The van der Waals surface area contributed by atoms with Crippen LogP contribution in [0.25, 0.3) is 0 Å². The van der Waals surface area contributed by atoms with E-state index in [1.807, 2.05) is 0 Å². The molecule has 0 aliphatic rings. The van der Waals surface area contributed by atoms with E-state index in [0.29, 0.717) is 19.3 Å². The van der Waals surface area contributed by atoms with Crippen LogP contribution in [0.4, 0.5) is 0 Å². The van der Waals surface area contributed by atoms with Gasteiger partial charge in [-0.3, -0.25) is 32.5 Å². The predicted octanol–water partition coefficient (Wildman–Crippen LogP) is 22.5. The highest BCUT2D eigenvalue weighted by Crippen LogP contribution is 2.45. The third kappa shape index (κ3) is 74.9. The number of aliphatic hydroxyl groups excluding tert-OH is 2. The van der Waals surface area contributed by atoms with Crippen molar-refractivity contribution in [3.8, 4) is 0 Å². The average molecular weight is 1430 g/mol. The van der Waals surface area contributed by atoms with Crippen molar-refractivity contribution >= 4 is 33.6 Å². The summed E-state index contributed by atoms with van der Waals surface area (Å²) in [6.45, 7) is 2.43. The quantitative estimate of drug-likeness (QED) is 0.0146. The Kier molecular flexibility index (Phi) is 70.7. The summed E-state index contributed by atoms with van der Waals surface area (Å²) in [6, 6.07) is 0. The van der Waals surface area contributed by atoms with Crippen molar-refractivity contribution in [1.82, 2.24) is 0 Å². The molecule has 0 bridgehead atoms. The minimum Gasteiger partial charge on any atom is -0.463 e. The molecular weight excluding hydrogens is 1290 g/mol. The lowest BCUT2D eigenvalue weighted by atomic mass is 10.0. The Morgan fingerprint density at radius 2 is 0.535 bits per heavy atom. The van der Waals surface area contributed by atoms with Gasteiger partial charge in [-0.05, 0) is 109 Å². The number of esters is 3. The van der Waals surface area contributed by atoms with E-state index in [1.165, 1.54) is 128 Å². The second-order valence-corrected chi connectivity index (χ2v) is 28.7. The van der Waals surface area contributed by atoms with E-state index in [0.717, 1.165) is 128 Å². The monoisotopic (exact) mass is 1430 g/mol. The fraction of sp³-hybridized carbons (Fsp3) is 0.716. The van der Waals surface area contributed by atoms with Gasteiger partial charge < -0.3 is 34.2 Å². The molecule has 99 heavy (non-hydrogen) atoms. The Bertz CT molecular complexity index is 2290. The van der Waals surface area contributed by atoms with Crippen molar-refractivity contribution in [3.05, 3.63) is 122 Å². The Morgan fingerprint density at radius 3 is 0.859 bits per heavy atom. The van der Waals surface area contributed by atoms with Crippen molar-refractivity contribution in [3.63, 3.8) is 0 Å². The van der Waals surface area contributed by atoms with E-state index in [4.69, 9.17) is 32.3 Å². The second-order valence-electron chi connectivity index (χ2n) is 25.8. The average Bonchev–Trinajstić information content (AvgIpc) is 1.02. The highest BCUT2D eigenvalue weighted by Gasteiger charge is 2.29. The maximum atomic E-state index is 12.9. The molecule has 0 saturated heterocycles. The molecule has 16 nitrogen and oxygen atoms in total. The van der Waals surface area contributed by atoms with Gasteiger partial charge in [-0.1, -0.05) is 309 Å². The van der Waals surface area contributed by atoms with Crippen molar-refractivity contribution in [1.29, 1.82) is 0 Å². The molecular formula is C81H140O16P2. The zero-order chi connectivity index (χ0) is 72.3. The van der Waals surface area contributed by atoms with Gasteiger partial charge in [0.15, 0.2) is 6.10 Å². The summed E-state index contributed by atoms with van der Waals surface area (Å²) in [5, 5.41) is 20.6. The first kappa shape index (κ1) is 94.9. The third-order valence-corrected chi connectivity index (χ3v) is 18.1. The van der Waals surface area contributed by atoms with Crippen LogP contribution >= 0.6 is 15.6 Å². The van der Waals surface area contributed by atoms with Gasteiger partial charge in [0.1, 0.15) is 25.4 Å². The number of hydrogen-bond acceptors (Lipinski definition) is 14. The summed E-state index contributed by atoms with van der Waals surface area (Å²) in [6.07, 6.45) is 86.9. The van der Waals surface area contributed by atoms with Gasteiger partial charge in [-0.25, -0.2) is 9.13 Å². The number of phosphoric acid groups is 2. The summed E-state index contributed by atoms with van der Waals surface area (Å²) in [4.78, 5) is 58.5. The van der Waals surface area contributed by atoms with E-state index < -0.39 is 91.5 Å². The van der Waals surface area contributed by atoms with Gasteiger partial charge in [-0.2, -0.15) is 0 Å². The second kappa shape index (κ2) is 73.7. The molecule has 0 heterocycles. The number of allylic oxidation sites excluding steroid dienone is 20. The number of aliphatic hydroxyl groups is 2. The van der Waals surface area contributed by atoms with Gasteiger partial charge in [0, 0.05) is 19.3 Å². The molecule has 0 rings (SSSR count). The number of phosphoric ester groups is 2. The molecule has 0 radical (unpaired) electrons. The first-order valence-electron chi connectivity index (χ1n) is 38.8. The Morgan fingerprint density at radius 1 is 0.293 bits per heavy atom. The Labute approximate surface area is 602 Å². The first-order valence-corrected chi connectivity index (χ1v) is 41.8. The van der Waals surface area contributed by atoms with Crippen LogP contribution in [0.3, 0.4) is 0 Å². The minimum atomic E-state index is -4.93. The summed E-state index contributed by atoms with van der Waals surface area (Å²) >= 11 is 0. The number of rotatable bonds is 73. The molecule has 0 saturated carbocycles. The zero-order valence-electron chi connectivity index (χ0n) is 62.1. The molecule has 0 amide bonds. The van der Waals surface area contributed by atoms with E-state index in [2.05, 4.69) is 142 Å². The lowest BCUT2D eigenvalue weighted by Gasteiger charge is -2.21. The van der Waals surface area contributed by atoms with Crippen LogP contribution in [0.5, 0.6) is 0 Å². The molecule has 0 aromatic heterocycles. The summed E-state index contributed by atoms with van der Waals surface area (Å²) < 4.78 is 61.0. The lowest BCUT2D eigenvalue weighted by molar-refractivity contribution is -0.161. The smallest absolute Gasteiger partial charge is 0.463 e. The van der Waals surface area contributed by atoms with E-state index in [9.17, 15) is 43.5 Å². The van der Waals surface area contributed by atoms with Gasteiger partial charge in [0.25, 0.3) is 0 Å². The molecule has 0 aromatic carbocycles. The molecule has 5 unspecified atom stereocenters. The van der Waals surface area contributed by atoms with Crippen LogP contribution < -0.4 is 0 Å². The van der Waals surface area contributed by atoms with Crippen molar-refractivity contribution in [2.24, 2.45) is 0 Å². The molecule has 570 valence electrons. The fourth-order valence-corrected chi connectivity index (χ4v) is 11.9. The van der Waals surface area contributed by atoms with Gasteiger partial charge in [-0.15, -0.1) is 0 Å². The third-order valence-electron chi connectivity index (χ3n) is 16.2. The summed E-state index contributed by atoms with van der Waals surface area (Å²) in [5.41, 5.74) is 0. The molecule has 18 heteroatoms. The van der Waals surface area contributed by atoms with Crippen molar-refractivity contribution < 1.29 is 75.8 Å². The first-order chi connectivity index (χ1) is 48.2. The Balaban J connectivity index is 4.46. The standard InChI is InChI=1S/C81H140O16P2/c1-4-7-10-13-16-19-22-25-27-29-31-32-33-34-35-36-37-38-39-40-41-42-44-46-47-50-52-55-58-61-64-67-79(84)91-70-76(82)71-93-98(87,88)94-72-77(83)73-95-99(89,90)96-75-78(97-81(86)69-66-63-60-57-54-49-24-21-18-15-12-9-6-3)74-92-80(85)68-65-62-59-56-53-51-48-45-43-30-28-26-23-20-17-14-11-8-5-2/h7-8,10-11,16-17,19-20,25-28,31-32,34-35,43,45,51,53,76-78,82-83H,4-6,9,12-15,18,21-24,29-30,33,36-42,44,46-50,52,54-75H2,1-3H3,(H,87,88)(H,89,90)/b10-7-,11-8-,19-16-,20-17-,27-25-,28-26-,32-31-,35-34-,45-43-,53-51-. The number of carbonyl (C=O) groups excluding carboxylic acids is 3. The van der Waals surface area contributed by atoms with Crippen LogP contribution in [-0.2, 0) is 55.8 Å². The topological polar surface area (TPSA) is 231 Å². The Hall–Kier alpha value is -4.05. The molecule has 5 atom stereocenters. The highest BCUT2D eigenvalue weighted by atomic mass is 31.2. The molecule has 0 aromatic rings. The SMILES string of the molecule is CC/C=C\C/C=C\C/C=C\C/C=C\C/C=C\CCCCCCCCCCCCCCCCCC(=O)OCC(O)COP(=O)(O)OCC(O)COP(=O)(O)OCC(COC(=O)CCCCC/C=C\C/C=C\C/C=C\C/C=C\C/C=C\CC)OC(=O)CCCCCCCCCCCCCCC. The fourth-order valence-electron chi connectivity index (χ4n) is 10.3. The normalized spacial score (nSPS) is 14.7. The highest BCUT2D eigenvalue weighted by molar-refractivity contribution is 7.47. The van der Waals surface area contributed by atoms with Gasteiger partial charge >= 0.3 is 33.6 Å². The number of unbranched alkanes of at least 4 members (excludes halogenated alkanes) is 30. The molecule has 4 N–H and O–H groups in total. The maximum absolute atomic E-state index is 12.9. The number of carbonyl (C=O) groups is 3. The van der Waals surface area contributed by atoms with Crippen LogP contribution in [0.2, 0.25) is 0 Å². The van der Waals surface area contributed by atoms with Crippen LogP contribution in [-0.4, -0.2) is 95.9 Å². The van der Waals surface area contributed by atoms with E-state index in [1.54, 1.807) is 0 Å². The van der Waals surface area contributed by atoms with E-state index >= 15 is 0 Å². The molecule has 0 aliphatic carbocycles. The summed E-state index contributed by atoms with van der Waals surface area (Å²) in [7, 11) is -9.79. The van der Waals surface area contributed by atoms with Crippen LogP contribution in [0.1, 0.15) is 316 Å². The maximum Gasteiger partial charge on any atom is 0.472 e. The lowest BCUT2D eigenvalue weighted by Crippen LogP contribution is -2.30. The predicted molar refractivity (Wildman–Crippen MR) is 408 cm³/mol. The number of ether oxygens (including phenoxy) is 3. The number of hydrogen-bond donors (Lipinski definition) is 4. The van der Waals surface area contributed by atoms with Crippen LogP contribution in [0, 0.1) is 0 Å². The van der Waals surface area contributed by atoms with Crippen LogP contribution in [0.15, 0.2) is 122 Å². The van der Waals surface area contributed by atoms with Crippen molar-refractivity contribution in [2.45, 2.75) is 334 Å². The molecule has 0 fully saturated rings. The van der Waals surface area contributed by atoms with E-state index in [-0.39, 0.29) is 19.3 Å². The largest absolute Gasteiger partial charge is 0.472 e. The van der Waals surface area contributed by atoms with Crippen molar-refractivity contribution in [2.75, 3.05) is 39.6 Å². The minimum absolute atomic E-state index is 0.0987. The van der Waals surface area contributed by atoms with Gasteiger partial charge in [0.05, 0.1) is 26.4 Å². The van der Waals surface area contributed by atoms with Gasteiger partial charge in [0.2, 0.25) is 0 Å². The molecule has 0 spiro atoms.